The Morgan fingerprint density at radius 2 is 2.15 bits per heavy atom. The molecule has 1 atom stereocenters. The fourth-order valence-corrected chi connectivity index (χ4v) is 5.56. The smallest absolute Gasteiger partial charge is 0.244 e. The minimum atomic E-state index is -3.43. The van der Waals surface area contributed by atoms with E-state index in [1.165, 1.54) is 0 Å². The predicted molar refractivity (Wildman–Crippen MR) is 83.9 cm³/mol. The Balaban J connectivity index is 2.38. The van der Waals surface area contributed by atoms with Crippen LogP contribution in [0.15, 0.2) is 27.6 Å². The molecular formula is C14H21BrN2O2S. The van der Waals surface area contributed by atoms with Crippen LogP contribution in [0.25, 0.3) is 0 Å². The van der Waals surface area contributed by atoms with Gasteiger partial charge in [0.25, 0.3) is 0 Å². The van der Waals surface area contributed by atoms with Gasteiger partial charge in [-0.15, -0.1) is 0 Å². The molecule has 0 bridgehead atoms. The molecule has 0 aliphatic carbocycles. The third-order valence-electron chi connectivity index (χ3n) is 3.86. The molecule has 112 valence electrons. The minimum Gasteiger partial charge on any atom is -0.326 e. The van der Waals surface area contributed by atoms with Gasteiger partial charge >= 0.3 is 0 Å². The molecule has 0 saturated carbocycles. The molecular weight excluding hydrogens is 340 g/mol. The first-order valence-corrected chi connectivity index (χ1v) is 9.24. The average molecular weight is 361 g/mol. The van der Waals surface area contributed by atoms with Gasteiger partial charge in [-0.05, 0) is 52.9 Å². The predicted octanol–water partition coefficient (Wildman–Crippen LogP) is 2.86. The van der Waals surface area contributed by atoms with Gasteiger partial charge in [0.05, 0.1) is 4.90 Å². The third kappa shape index (κ3) is 3.08. The van der Waals surface area contributed by atoms with Crippen LogP contribution in [0.2, 0.25) is 0 Å². The molecule has 2 N–H and O–H groups in total. The number of hydrogen-bond acceptors (Lipinski definition) is 3. The molecule has 4 nitrogen and oxygen atoms in total. The molecule has 1 saturated heterocycles. The topological polar surface area (TPSA) is 63.4 Å². The lowest BCUT2D eigenvalue weighted by molar-refractivity contribution is 0.246. The van der Waals surface area contributed by atoms with E-state index in [1.807, 2.05) is 6.92 Å². The molecule has 1 aliphatic heterocycles. The summed E-state index contributed by atoms with van der Waals surface area (Å²) in [5.74, 6) is 0. The van der Waals surface area contributed by atoms with E-state index >= 15 is 0 Å². The van der Waals surface area contributed by atoms with Gasteiger partial charge in [-0.1, -0.05) is 19.4 Å². The minimum absolute atomic E-state index is 0.120. The molecule has 1 aliphatic rings. The summed E-state index contributed by atoms with van der Waals surface area (Å²) in [6, 6.07) is 5.35. The Morgan fingerprint density at radius 3 is 2.75 bits per heavy atom. The van der Waals surface area contributed by atoms with Crippen LogP contribution in [0, 0.1) is 0 Å². The number of nitrogens with two attached hydrogens (primary N) is 1. The summed E-state index contributed by atoms with van der Waals surface area (Å²) in [5, 5.41) is 0. The van der Waals surface area contributed by atoms with Crippen molar-refractivity contribution in [1.82, 2.24) is 4.31 Å². The lowest BCUT2D eigenvalue weighted by Crippen LogP contribution is -2.43. The molecule has 1 unspecified atom stereocenters. The highest BCUT2D eigenvalue weighted by Crippen LogP contribution is 2.31. The Kier molecular flexibility index (Phi) is 5.23. The maximum Gasteiger partial charge on any atom is 0.244 e. The van der Waals surface area contributed by atoms with Crippen molar-refractivity contribution in [1.29, 1.82) is 0 Å². The highest BCUT2D eigenvalue weighted by Gasteiger charge is 2.33. The van der Waals surface area contributed by atoms with Crippen LogP contribution in [0.5, 0.6) is 0 Å². The highest BCUT2D eigenvalue weighted by molar-refractivity contribution is 9.10. The van der Waals surface area contributed by atoms with Crippen molar-refractivity contribution in [3.63, 3.8) is 0 Å². The van der Waals surface area contributed by atoms with Crippen LogP contribution in [0.3, 0.4) is 0 Å². The van der Waals surface area contributed by atoms with E-state index in [9.17, 15) is 8.42 Å². The average Bonchev–Trinajstić information content (AvgIpc) is 2.46. The standard InChI is InChI=1S/C14H21BrN2O2S/c1-2-12-5-3-4-8-17(12)20(18,19)14-7-6-11(10-16)9-13(14)15/h6-7,9,12H,2-5,8,10,16H2,1H3. The van der Waals surface area contributed by atoms with Crippen molar-refractivity contribution in [3.05, 3.63) is 28.2 Å². The number of hydrogen-bond donors (Lipinski definition) is 1. The largest absolute Gasteiger partial charge is 0.326 e. The second-order valence-electron chi connectivity index (χ2n) is 5.14. The third-order valence-corrected chi connectivity index (χ3v) is 6.79. The maximum atomic E-state index is 12.8. The van der Waals surface area contributed by atoms with Gasteiger partial charge in [0.15, 0.2) is 0 Å². The fourth-order valence-electron chi connectivity index (χ4n) is 2.71. The van der Waals surface area contributed by atoms with Crippen LogP contribution < -0.4 is 5.73 Å². The second kappa shape index (κ2) is 6.56. The zero-order chi connectivity index (χ0) is 14.8. The highest BCUT2D eigenvalue weighted by atomic mass is 79.9. The molecule has 1 fully saturated rings. The molecule has 0 spiro atoms. The van der Waals surface area contributed by atoms with Gasteiger partial charge in [0, 0.05) is 23.6 Å². The number of benzene rings is 1. The molecule has 0 radical (unpaired) electrons. The summed E-state index contributed by atoms with van der Waals surface area (Å²) < 4.78 is 27.9. The molecule has 1 aromatic carbocycles. The molecule has 0 aromatic heterocycles. The lowest BCUT2D eigenvalue weighted by Gasteiger charge is -2.34. The first-order valence-electron chi connectivity index (χ1n) is 7.01. The van der Waals surface area contributed by atoms with Gasteiger partial charge in [0.1, 0.15) is 0 Å². The monoisotopic (exact) mass is 360 g/mol. The summed E-state index contributed by atoms with van der Waals surface area (Å²) in [6.45, 7) is 3.07. The molecule has 20 heavy (non-hydrogen) atoms. The fraction of sp³-hybridized carbons (Fsp3) is 0.571. The van der Waals surface area contributed by atoms with E-state index in [-0.39, 0.29) is 6.04 Å². The van der Waals surface area contributed by atoms with Gasteiger partial charge < -0.3 is 5.73 Å². The molecule has 1 aromatic rings. The molecule has 0 amide bonds. The Labute approximate surface area is 129 Å². The van der Waals surface area contributed by atoms with Crippen LogP contribution in [-0.4, -0.2) is 25.3 Å². The van der Waals surface area contributed by atoms with E-state index in [2.05, 4.69) is 15.9 Å². The van der Waals surface area contributed by atoms with Gasteiger partial charge in [-0.3, -0.25) is 0 Å². The number of rotatable bonds is 4. The molecule has 1 heterocycles. The number of sulfonamides is 1. The summed E-state index contributed by atoms with van der Waals surface area (Å²) in [5.41, 5.74) is 6.50. The normalized spacial score (nSPS) is 21.1. The molecule has 6 heteroatoms. The van der Waals surface area contributed by atoms with E-state index in [0.717, 1.165) is 31.2 Å². The van der Waals surface area contributed by atoms with Crippen molar-refractivity contribution in [2.24, 2.45) is 5.73 Å². The lowest BCUT2D eigenvalue weighted by atomic mass is 10.0. The number of nitrogens with zero attached hydrogens (tertiary/aromatic N) is 1. The first kappa shape index (κ1) is 15.9. The van der Waals surface area contributed by atoms with Crippen molar-refractivity contribution >= 4 is 26.0 Å². The van der Waals surface area contributed by atoms with E-state index in [4.69, 9.17) is 5.73 Å². The number of halogens is 1. The van der Waals surface area contributed by atoms with Crippen LogP contribution in [0.4, 0.5) is 0 Å². The second-order valence-corrected chi connectivity index (χ2v) is 7.86. The van der Waals surface area contributed by atoms with Crippen molar-refractivity contribution in [3.8, 4) is 0 Å². The maximum absolute atomic E-state index is 12.8. The van der Waals surface area contributed by atoms with Crippen molar-refractivity contribution in [2.75, 3.05) is 6.54 Å². The van der Waals surface area contributed by atoms with Gasteiger partial charge in [0.2, 0.25) is 10.0 Å². The quantitative estimate of drug-likeness (QED) is 0.897. The molecule has 2 rings (SSSR count). The SMILES string of the molecule is CCC1CCCCN1S(=O)(=O)c1ccc(CN)cc1Br. The van der Waals surface area contributed by atoms with Crippen molar-refractivity contribution < 1.29 is 8.42 Å². The van der Waals surface area contributed by atoms with Crippen LogP contribution in [0.1, 0.15) is 38.2 Å². The van der Waals surface area contributed by atoms with Gasteiger partial charge in [-0.2, -0.15) is 4.31 Å². The summed E-state index contributed by atoms with van der Waals surface area (Å²) in [6.07, 6.45) is 3.86. The van der Waals surface area contributed by atoms with Gasteiger partial charge in [-0.25, -0.2) is 8.42 Å². The van der Waals surface area contributed by atoms with E-state index in [1.54, 1.807) is 22.5 Å². The van der Waals surface area contributed by atoms with Crippen LogP contribution in [-0.2, 0) is 16.6 Å². The Morgan fingerprint density at radius 1 is 1.40 bits per heavy atom. The van der Waals surface area contributed by atoms with Crippen LogP contribution >= 0.6 is 15.9 Å². The van der Waals surface area contributed by atoms with E-state index in [0.29, 0.717) is 22.5 Å². The zero-order valence-electron chi connectivity index (χ0n) is 11.7. The summed E-state index contributed by atoms with van der Waals surface area (Å²) >= 11 is 3.37. The zero-order valence-corrected chi connectivity index (χ0v) is 14.1. The van der Waals surface area contributed by atoms with E-state index < -0.39 is 10.0 Å². The van der Waals surface area contributed by atoms with Crippen molar-refractivity contribution in [2.45, 2.75) is 50.1 Å². The Bertz CT molecular complexity index is 575. The Hall–Kier alpha value is -0.430. The summed E-state index contributed by atoms with van der Waals surface area (Å²) in [7, 11) is -3.43. The number of piperidine rings is 1. The summed E-state index contributed by atoms with van der Waals surface area (Å²) in [4.78, 5) is 0.343. The first-order chi connectivity index (χ1) is 9.50.